The topological polar surface area (TPSA) is 71.5 Å². The molecule has 0 fully saturated rings. The predicted molar refractivity (Wildman–Crippen MR) is 106 cm³/mol. The largest absolute Gasteiger partial charge is 0.354 e. The van der Waals surface area contributed by atoms with Crippen molar-refractivity contribution in [3.8, 4) is 22.6 Å². The summed E-state index contributed by atoms with van der Waals surface area (Å²) in [7, 11) is 0. The Hall–Kier alpha value is -3.58. The monoisotopic (exact) mass is 406 g/mol. The van der Waals surface area contributed by atoms with Gasteiger partial charge in [0, 0.05) is 16.7 Å². The van der Waals surface area contributed by atoms with Crippen molar-refractivity contribution < 1.29 is 13.6 Å². The fraction of sp³-hybridized carbons (Fsp3) is 0.0476. The SMILES string of the molecule is Fc1ccccc1-c1nc2cn[n+](Cc3cc(-c4ccc(Cl)cc4)no3)cc2[nH]1. The minimum Gasteiger partial charge on any atom is -0.354 e. The molecule has 0 amide bonds. The van der Waals surface area contributed by atoms with Crippen LogP contribution in [0.5, 0.6) is 0 Å². The summed E-state index contributed by atoms with van der Waals surface area (Å²) in [4.78, 5) is 7.57. The number of aromatic amines is 1. The van der Waals surface area contributed by atoms with Crippen molar-refractivity contribution in [1.29, 1.82) is 0 Å². The Kier molecular flexibility index (Phi) is 4.29. The van der Waals surface area contributed by atoms with Gasteiger partial charge in [0.15, 0.2) is 0 Å². The number of benzene rings is 2. The first-order valence-electron chi connectivity index (χ1n) is 8.88. The van der Waals surface area contributed by atoms with Gasteiger partial charge in [-0.2, -0.15) is 0 Å². The highest BCUT2D eigenvalue weighted by atomic mass is 35.5. The number of hydrogen-bond acceptors (Lipinski definition) is 4. The first kappa shape index (κ1) is 17.5. The van der Waals surface area contributed by atoms with Crippen LogP contribution in [0.1, 0.15) is 5.76 Å². The van der Waals surface area contributed by atoms with Crippen molar-refractivity contribution in [2.75, 3.05) is 0 Å². The summed E-state index contributed by atoms with van der Waals surface area (Å²) in [6.07, 6.45) is 3.43. The van der Waals surface area contributed by atoms with E-state index in [2.05, 4.69) is 20.2 Å². The third-order valence-electron chi connectivity index (χ3n) is 4.51. The van der Waals surface area contributed by atoms with E-state index in [0.29, 0.717) is 34.2 Å². The van der Waals surface area contributed by atoms with E-state index < -0.39 is 0 Å². The van der Waals surface area contributed by atoms with Gasteiger partial charge in [0.2, 0.25) is 18.5 Å². The van der Waals surface area contributed by atoms with Gasteiger partial charge < -0.3 is 9.51 Å². The molecule has 5 rings (SSSR count). The lowest BCUT2D eigenvalue weighted by Crippen LogP contribution is -2.37. The zero-order valence-electron chi connectivity index (χ0n) is 15.0. The molecule has 0 radical (unpaired) electrons. The predicted octanol–water partition coefficient (Wildman–Crippen LogP) is 4.41. The Balaban J connectivity index is 1.41. The van der Waals surface area contributed by atoms with Crippen LogP contribution in [0.15, 0.2) is 71.5 Å². The Morgan fingerprint density at radius 1 is 1.10 bits per heavy atom. The van der Waals surface area contributed by atoms with E-state index in [0.717, 1.165) is 16.8 Å². The van der Waals surface area contributed by atoms with Gasteiger partial charge in [-0.3, -0.25) is 0 Å². The van der Waals surface area contributed by atoms with Crippen LogP contribution in [0.3, 0.4) is 0 Å². The first-order chi connectivity index (χ1) is 14.2. The molecule has 0 aliphatic rings. The van der Waals surface area contributed by atoms with Gasteiger partial charge in [0.1, 0.15) is 34.6 Å². The van der Waals surface area contributed by atoms with Crippen molar-refractivity contribution in [1.82, 2.24) is 20.2 Å². The van der Waals surface area contributed by atoms with Crippen LogP contribution in [0.25, 0.3) is 33.7 Å². The molecule has 0 spiro atoms. The van der Waals surface area contributed by atoms with Crippen molar-refractivity contribution in [3.05, 3.63) is 83.6 Å². The number of imidazole rings is 1. The zero-order chi connectivity index (χ0) is 19.8. The molecule has 29 heavy (non-hydrogen) atoms. The molecule has 3 heterocycles. The summed E-state index contributed by atoms with van der Waals surface area (Å²) < 4.78 is 21.2. The van der Waals surface area contributed by atoms with Gasteiger partial charge in [0.25, 0.3) is 0 Å². The van der Waals surface area contributed by atoms with Crippen LogP contribution in [-0.4, -0.2) is 20.2 Å². The van der Waals surface area contributed by atoms with Crippen molar-refractivity contribution in [3.63, 3.8) is 0 Å². The molecule has 142 valence electrons. The molecule has 3 aromatic heterocycles. The maximum Gasteiger partial charge on any atom is 0.234 e. The number of hydrogen-bond donors (Lipinski definition) is 1. The normalized spacial score (nSPS) is 11.2. The number of rotatable bonds is 4. The molecule has 0 saturated carbocycles. The lowest BCUT2D eigenvalue weighted by atomic mass is 10.1. The third kappa shape index (κ3) is 3.48. The van der Waals surface area contributed by atoms with Crippen LogP contribution >= 0.6 is 11.6 Å². The maximum atomic E-state index is 14.0. The van der Waals surface area contributed by atoms with Gasteiger partial charge in [-0.05, 0) is 29.4 Å². The Labute approximate surface area is 169 Å². The molecule has 2 aromatic carbocycles. The summed E-state index contributed by atoms with van der Waals surface area (Å²) in [5, 5.41) is 9.13. The van der Waals surface area contributed by atoms with Crippen molar-refractivity contribution >= 4 is 22.6 Å². The van der Waals surface area contributed by atoms with E-state index in [1.54, 1.807) is 47.4 Å². The van der Waals surface area contributed by atoms with Crippen molar-refractivity contribution in [2.45, 2.75) is 6.54 Å². The summed E-state index contributed by atoms with van der Waals surface area (Å²) in [5.41, 5.74) is 3.45. The molecule has 6 nitrogen and oxygen atoms in total. The van der Waals surface area contributed by atoms with E-state index >= 15 is 0 Å². The minimum absolute atomic E-state index is 0.330. The van der Waals surface area contributed by atoms with Gasteiger partial charge in [-0.15, -0.1) is 0 Å². The molecule has 0 aliphatic carbocycles. The summed E-state index contributed by atoms with van der Waals surface area (Å²) in [6.45, 7) is 0.393. The highest BCUT2D eigenvalue weighted by molar-refractivity contribution is 6.30. The second-order valence-corrected chi connectivity index (χ2v) is 6.96. The summed E-state index contributed by atoms with van der Waals surface area (Å²) in [5.74, 6) is 0.784. The molecule has 0 atom stereocenters. The Bertz CT molecular complexity index is 1310. The van der Waals surface area contributed by atoms with E-state index in [-0.39, 0.29) is 5.82 Å². The summed E-state index contributed by atoms with van der Waals surface area (Å²) in [6, 6.07) is 15.7. The minimum atomic E-state index is -0.330. The van der Waals surface area contributed by atoms with E-state index in [1.165, 1.54) is 6.07 Å². The Morgan fingerprint density at radius 2 is 1.93 bits per heavy atom. The second-order valence-electron chi connectivity index (χ2n) is 6.52. The van der Waals surface area contributed by atoms with E-state index in [9.17, 15) is 4.39 Å². The summed E-state index contributed by atoms with van der Waals surface area (Å²) >= 11 is 5.92. The third-order valence-corrected chi connectivity index (χ3v) is 4.77. The number of nitrogens with zero attached hydrogens (tertiary/aromatic N) is 4. The van der Waals surface area contributed by atoms with Crippen LogP contribution in [0, 0.1) is 5.82 Å². The fourth-order valence-electron chi connectivity index (χ4n) is 3.08. The highest BCUT2D eigenvalue weighted by Crippen LogP contribution is 2.23. The smallest absolute Gasteiger partial charge is 0.234 e. The number of halogens is 2. The van der Waals surface area contributed by atoms with Gasteiger partial charge in [-0.1, -0.05) is 45.7 Å². The zero-order valence-corrected chi connectivity index (χ0v) is 15.8. The Morgan fingerprint density at radius 3 is 2.76 bits per heavy atom. The molecule has 0 unspecified atom stereocenters. The van der Waals surface area contributed by atoms with E-state index in [4.69, 9.17) is 16.1 Å². The van der Waals surface area contributed by atoms with Crippen LogP contribution in [-0.2, 0) is 6.54 Å². The number of nitrogens with one attached hydrogen (secondary N) is 1. The van der Waals surface area contributed by atoms with Crippen molar-refractivity contribution in [2.24, 2.45) is 0 Å². The number of fused-ring (bicyclic) bond motifs is 1. The van der Waals surface area contributed by atoms with Gasteiger partial charge in [0.05, 0.1) is 5.56 Å². The standard InChI is InChI=1S/C21H13ClFN5O/c22-14-7-5-13(6-8-14)18-9-15(29-27-18)11-28-12-20-19(10-24-28)25-21(26-20)16-3-1-2-4-17(16)23/h1-10,12H,11H2/p+1. The molecular weight excluding hydrogens is 393 g/mol. The van der Waals surface area contributed by atoms with Crippen LogP contribution in [0.4, 0.5) is 4.39 Å². The highest BCUT2D eigenvalue weighted by Gasteiger charge is 2.16. The number of H-pyrrole nitrogens is 1. The molecule has 0 aliphatic heterocycles. The maximum absolute atomic E-state index is 14.0. The van der Waals surface area contributed by atoms with Crippen LogP contribution < -0.4 is 4.68 Å². The second kappa shape index (κ2) is 7.10. The average Bonchev–Trinajstić information content (AvgIpc) is 3.35. The lowest BCUT2D eigenvalue weighted by Gasteiger charge is -1.96. The van der Waals surface area contributed by atoms with Gasteiger partial charge in [-0.25, -0.2) is 9.37 Å². The quantitative estimate of drug-likeness (QED) is 0.449. The lowest BCUT2D eigenvalue weighted by molar-refractivity contribution is -0.746. The van der Waals surface area contributed by atoms with Crippen LogP contribution in [0.2, 0.25) is 5.02 Å². The molecule has 0 bridgehead atoms. The number of aromatic nitrogens is 5. The average molecular weight is 407 g/mol. The molecule has 1 N–H and O–H groups in total. The molecular formula is C21H14ClFN5O+. The fourth-order valence-corrected chi connectivity index (χ4v) is 3.21. The van der Waals surface area contributed by atoms with Gasteiger partial charge >= 0.3 is 0 Å². The van der Waals surface area contributed by atoms with E-state index in [1.807, 2.05) is 18.2 Å². The first-order valence-corrected chi connectivity index (χ1v) is 9.25. The molecule has 8 heteroatoms. The molecule has 0 saturated heterocycles. The molecule has 5 aromatic rings.